The second-order valence-electron chi connectivity index (χ2n) is 9.30. The Morgan fingerprint density at radius 2 is 1.66 bits per heavy atom. The van der Waals surface area contributed by atoms with E-state index in [0.29, 0.717) is 5.56 Å². The molecule has 1 heterocycles. The van der Waals surface area contributed by atoms with Crippen molar-refractivity contribution in [2.45, 2.75) is 88.9 Å². The van der Waals surface area contributed by atoms with Crippen LogP contribution in [-0.2, 0) is 15.9 Å². The number of hydrogen-bond acceptors (Lipinski definition) is 3. The van der Waals surface area contributed by atoms with Gasteiger partial charge >= 0.3 is 5.97 Å². The molecule has 1 aliphatic heterocycles. The van der Waals surface area contributed by atoms with Crippen molar-refractivity contribution in [1.29, 1.82) is 0 Å². The number of carbonyl (C=O) groups is 1. The summed E-state index contributed by atoms with van der Waals surface area (Å²) in [6, 6.07) is 12.6. The Balaban J connectivity index is 1.38. The third kappa shape index (κ3) is 6.96. The first-order valence-corrected chi connectivity index (χ1v) is 14.4. The lowest BCUT2D eigenvalue weighted by molar-refractivity contribution is 0.0127. The van der Waals surface area contributed by atoms with Crippen LogP contribution in [0.4, 0.5) is 0 Å². The summed E-state index contributed by atoms with van der Waals surface area (Å²) in [5.41, 5.74) is 1.93. The topological polar surface area (TPSA) is 35.5 Å². The number of methoxy groups -OCH3 is 1. The number of carbonyl (C=O) groups excluding carboxylic acids is 1. The van der Waals surface area contributed by atoms with Gasteiger partial charge in [0.2, 0.25) is 0 Å². The zero-order chi connectivity index (χ0) is 20.5. The van der Waals surface area contributed by atoms with Crippen LogP contribution in [0.15, 0.2) is 24.3 Å². The first kappa shape index (κ1) is 22.5. The summed E-state index contributed by atoms with van der Waals surface area (Å²) in [4.78, 5) is 12.5. The highest BCUT2D eigenvalue weighted by atomic mass is 28.3. The first-order valence-electron chi connectivity index (χ1n) is 12.0. The van der Waals surface area contributed by atoms with Crippen molar-refractivity contribution < 1.29 is 14.3 Å². The Labute approximate surface area is 179 Å². The maximum absolute atomic E-state index is 12.5. The van der Waals surface area contributed by atoms with Gasteiger partial charge in [-0.15, -0.1) is 0 Å². The van der Waals surface area contributed by atoms with Crippen molar-refractivity contribution >= 4 is 14.8 Å². The second-order valence-corrected chi connectivity index (χ2v) is 12.8. The van der Waals surface area contributed by atoms with Crippen LogP contribution in [0.3, 0.4) is 0 Å². The molecule has 0 atom stereocenters. The molecule has 3 nitrogen and oxygen atoms in total. The quantitative estimate of drug-likeness (QED) is 0.280. The van der Waals surface area contributed by atoms with Crippen molar-refractivity contribution in [2.75, 3.05) is 13.7 Å². The van der Waals surface area contributed by atoms with Crippen LogP contribution in [0.1, 0.15) is 74.2 Å². The van der Waals surface area contributed by atoms with Crippen molar-refractivity contribution in [1.82, 2.24) is 0 Å². The highest BCUT2D eigenvalue weighted by Crippen LogP contribution is 2.40. The zero-order valence-corrected chi connectivity index (χ0v) is 19.7. The van der Waals surface area contributed by atoms with Crippen LogP contribution in [0.25, 0.3) is 0 Å². The van der Waals surface area contributed by atoms with E-state index in [1.54, 1.807) is 25.2 Å². The molecule has 2 fully saturated rings. The van der Waals surface area contributed by atoms with Crippen molar-refractivity contribution in [3.05, 3.63) is 35.4 Å². The summed E-state index contributed by atoms with van der Waals surface area (Å²) in [5.74, 6) is 1.69. The van der Waals surface area contributed by atoms with Crippen LogP contribution in [0.5, 0.6) is 0 Å². The normalized spacial score (nSPS) is 27.5. The Morgan fingerprint density at radius 3 is 2.28 bits per heavy atom. The minimum atomic E-state index is -0.374. The van der Waals surface area contributed by atoms with Crippen LogP contribution in [0, 0.1) is 11.8 Å². The van der Waals surface area contributed by atoms with Gasteiger partial charge in [0.25, 0.3) is 0 Å². The average Bonchev–Trinajstić information content (AvgIpc) is 2.76. The van der Waals surface area contributed by atoms with E-state index in [1.807, 2.05) is 24.3 Å². The molecular weight excluding hydrogens is 376 g/mol. The molecule has 0 spiro atoms. The first-order chi connectivity index (χ1) is 14.2. The number of aryl methyl sites for hydroxylation is 1. The van der Waals surface area contributed by atoms with E-state index in [9.17, 15) is 4.79 Å². The molecule has 1 aliphatic carbocycles. The van der Waals surface area contributed by atoms with E-state index in [0.717, 1.165) is 44.1 Å². The highest BCUT2D eigenvalue weighted by Gasteiger charge is 2.32. The Kier molecular flexibility index (Phi) is 9.25. The van der Waals surface area contributed by atoms with Crippen LogP contribution < -0.4 is 0 Å². The highest BCUT2D eigenvalue weighted by molar-refractivity contribution is 6.58. The van der Waals surface area contributed by atoms with Gasteiger partial charge in [0.1, 0.15) is 6.10 Å². The van der Waals surface area contributed by atoms with Gasteiger partial charge in [0.05, 0.1) is 5.56 Å². The molecule has 29 heavy (non-hydrogen) atoms. The second kappa shape index (κ2) is 11.9. The number of esters is 1. The fraction of sp³-hybridized carbons (Fsp3) is 0.720. The lowest BCUT2D eigenvalue weighted by Gasteiger charge is -2.37. The van der Waals surface area contributed by atoms with Gasteiger partial charge < -0.3 is 9.47 Å². The molecular formula is C25H40O3Si. The summed E-state index contributed by atoms with van der Waals surface area (Å²) in [6.07, 6.45) is 11.1. The minimum Gasteiger partial charge on any atom is -0.459 e. The summed E-state index contributed by atoms with van der Waals surface area (Å²) >= 11 is 0. The molecule has 4 heteroatoms. The van der Waals surface area contributed by atoms with Gasteiger partial charge in [0.15, 0.2) is 0 Å². The Morgan fingerprint density at radius 1 is 1.00 bits per heavy atom. The fourth-order valence-electron chi connectivity index (χ4n) is 5.48. The molecule has 1 aromatic carbocycles. The Hall–Kier alpha value is -1.13. The van der Waals surface area contributed by atoms with Crippen molar-refractivity contribution in [3.63, 3.8) is 0 Å². The van der Waals surface area contributed by atoms with Crippen LogP contribution in [-0.4, -0.2) is 34.6 Å². The molecule has 1 saturated heterocycles. The molecule has 0 unspecified atom stereocenters. The van der Waals surface area contributed by atoms with Gasteiger partial charge in [-0.25, -0.2) is 4.79 Å². The van der Waals surface area contributed by atoms with Crippen LogP contribution >= 0.6 is 0 Å². The molecule has 1 aromatic rings. The fourth-order valence-corrected chi connectivity index (χ4v) is 8.96. The van der Waals surface area contributed by atoms with E-state index in [-0.39, 0.29) is 20.9 Å². The molecule has 2 aliphatic rings. The van der Waals surface area contributed by atoms with Crippen molar-refractivity contribution in [2.24, 2.45) is 11.8 Å². The van der Waals surface area contributed by atoms with Gasteiger partial charge in [-0.3, -0.25) is 0 Å². The predicted molar refractivity (Wildman–Crippen MR) is 122 cm³/mol. The Bertz CT molecular complexity index is 599. The minimum absolute atomic E-state index is 0.117. The van der Waals surface area contributed by atoms with Gasteiger partial charge in [-0.1, -0.05) is 56.5 Å². The number of ether oxygens (including phenoxy) is 2. The third-order valence-corrected chi connectivity index (χ3v) is 10.9. The smallest absolute Gasteiger partial charge is 0.338 e. The van der Waals surface area contributed by atoms with Crippen LogP contribution in [0.2, 0.25) is 18.1 Å². The maximum Gasteiger partial charge on any atom is 0.338 e. The van der Waals surface area contributed by atoms with E-state index in [2.05, 4.69) is 6.92 Å². The summed E-state index contributed by atoms with van der Waals surface area (Å²) < 4.78 is 10.9. The summed E-state index contributed by atoms with van der Waals surface area (Å²) in [7, 11) is 1.35. The molecule has 0 bridgehead atoms. The molecule has 0 aromatic heterocycles. The van der Waals surface area contributed by atoms with Gasteiger partial charge in [0, 0.05) is 22.5 Å². The standard InChI is InChI=1S/C25H40O3Si/c1-3-17-29-18-14-22(15-19-29)21-10-12-24(13-11-21)28-25(26)23-8-6-20(7-9-23)5-4-16-27-2/h6-9,21-22,24,29H,3-5,10-19H2,1-2H3/t21-,22?,24-,29?. The van der Waals surface area contributed by atoms with E-state index in [4.69, 9.17) is 9.47 Å². The molecule has 0 amide bonds. The van der Waals surface area contributed by atoms with E-state index >= 15 is 0 Å². The lowest BCUT2D eigenvalue weighted by Crippen LogP contribution is -2.31. The predicted octanol–water partition coefficient (Wildman–Crippen LogP) is 6.03. The maximum atomic E-state index is 12.5. The average molecular weight is 417 g/mol. The number of rotatable bonds is 9. The van der Waals surface area contributed by atoms with Gasteiger partial charge in [-0.05, 0) is 68.1 Å². The lowest BCUT2D eigenvalue weighted by atomic mass is 9.76. The monoisotopic (exact) mass is 416 g/mol. The summed E-state index contributed by atoms with van der Waals surface area (Å²) in [6.45, 7) is 3.12. The van der Waals surface area contributed by atoms with E-state index < -0.39 is 0 Å². The number of hydrogen-bond donors (Lipinski definition) is 0. The third-order valence-electron chi connectivity index (χ3n) is 7.25. The molecule has 0 radical (unpaired) electrons. The van der Waals surface area contributed by atoms with E-state index in [1.165, 1.54) is 37.7 Å². The molecule has 3 rings (SSSR count). The summed E-state index contributed by atoms with van der Waals surface area (Å²) in [5, 5.41) is 0. The zero-order valence-electron chi connectivity index (χ0n) is 18.5. The molecule has 0 N–H and O–H groups in total. The van der Waals surface area contributed by atoms with Crippen molar-refractivity contribution in [3.8, 4) is 0 Å². The molecule has 1 saturated carbocycles. The molecule has 162 valence electrons. The number of benzene rings is 1. The van der Waals surface area contributed by atoms with Gasteiger partial charge in [-0.2, -0.15) is 0 Å². The SMILES string of the molecule is CCC[SiH]1CCC([C@H]2CC[C@H](OC(=O)c3ccc(CCCOC)cc3)CC2)CC1. The largest absolute Gasteiger partial charge is 0.459 e.